The molecule has 2 aliphatic rings. The molecule has 1 heterocycles. The van der Waals surface area contributed by atoms with Gasteiger partial charge in [0.15, 0.2) is 0 Å². The van der Waals surface area contributed by atoms with Gasteiger partial charge < -0.3 is 16.0 Å². The number of carbonyl (C=O) groups excluding carboxylic acids is 1. The first-order chi connectivity index (χ1) is 12.1. The summed E-state index contributed by atoms with van der Waals surface area (Å²) in [4.78, 5) is 28.0. The summed E-state index contributed by atoms with van der Waals surface area (Å²) < 4.78 is 1.86. The molecule has 6 nitrogen and oxygen atoms in total. The third kappa shape index (κ3) is 3.28. The van der Waals surface area contributed by atoms with Crippen LogP contribution in [0.4, 0.5) is 0 Å². The molecule has 0 radical (unpaired) electrons. The van der Waals surface area contributed by atoms with Crippen molar-refractivity contribution in [3.63, 3.8) is 0 Å². The number of amides is 1. The van der Waals surface area contributed by atoms with Crippen LogP contribution in [0, 0.1) is 0 Å². The molecule has 4 rings (SSSR count). The zero-order chi connectivity index (χ0) is 17.4. The lowest BCUT2D eigenvalue weighted by atomic mass is 9.97. The van der Waals surface area contributed by atoms with Gasteiger partial charge in [0.05, 0.1) is 16.6 Å². The molecule has 0 unspecified atom stereocenters. The molecule has 2 aromatic rings. The van der Waals surface area contributed by atoms with Gasteiger partial charge in [0.1, 0.15) is 0 Å². The van der Waals surface area contributed by atoms with Crippen LogP contribution in [0.5, 0.6) is 0 Å². The van der Waals surface area contributed by atoms with Crippen molar-refractivity contribution in [1.29, 1.82) is 0 Å². The first kappa shape index (κ1) is 19.0. The number of nitrogens with zero attached hydrogens (tertiary/aromatic N) is 1. The molecule has 1 aromatic carbocycles. The number of halogens is 1. The van der Waals surface area contributed by atoms with Crippen LogP contribution in [0.1, 0.15) is 67.8 Å². The largest absolute Gasteiger partial charge is 0.345 e. The highest BCUT2D eigenvalue weighted by Crippen LogP contribution is 2.31. The third-order valence-electron chi connectivity index (χ3n) is 6.00. The van der Waals surface area contributed by atoms with E-state index < -0.39 is 0 Å². The van der Waals surface area contributed by atoms with Gasteiger partial charge in [-0.1, -0.05) is 25.7 Å². The minimum Gasteiger partial charge on any atom is -0.345 e. The van der Waals surface area contributed by atoms with Crippen LogP contribution in [-0.2, 0) is 0 Å². The van der Waals surface area contributed by atoms with Crippen molar-refractivity contribution in [2.75, 3.05) is 6.54 Å². The van der Waals surface area contributed by atoms with Crippen LogP contribution < -0.4 is 16.7 Å². The predicted octanol–water partition coefficient (Wildman–Crippen LogP) is 2.87. The molecule has 0 atom stereocenters. The van der Waals surface area contributed by atoms with Crippen molar-refractivity contribution in [2.45, 2.75) is 62.9 Å². The van der Waals surface area contributed by atoms with Crippen LogP contribution in [0.15, 0.2) is 23.0 Å². The average Bonchev–Trinajstić information content (AvgIpc) is 3.33. The highest BCUT2D eigenvalue weighted by atomic mass is 35.5. The molecular weight excluding hydrogens is 352 g/mol. The molecule has 7 heteroatoms. The van der Waals surface area contributed by atoms with Gasteiger partial charge >= 0.3 is 5.69 Å². The summed E-state index contributed by atoms with van der Waals surface area (Å²) in [5.74, 6) is -0.108. The van der Waals surface area contributed by atoms with Crippen molar-refractivity contribution in [3.05, 3.63) is 34.2 Å². The van der Waals surface area contributed by atoms with Crippen molar-refractivity contribution in [3.8, 4) is 0 Å². The molecule has 1 aromatic heterocycles. The Morgan fingerprint density at radius 1 is 1.23 bits per heavy atom. The molecule has 142 valence electrons. The van der Waals surface area contributed by atoms with Gasteiger partial charge in [-0.15, -0.1) is 12.4 Å². The predicted molar refractivity (Wildman–Crippen MR) is 105 cm³/mol. The number of nitrogens with two attached hydrogens (primary N) is 1. The van der Waals surface area contributed by atoms with E-state index in [9.17, 15) is 9.59 Å². The molecular formula is C19H27ClN4O2. The number of nitrogens with one attached hydrogen (secondary N) is 2. The SMILES string of the molecule is Cl.NCC1(NC(=O)c2ccc3c(c2)[nH]c(=O)n3C2CCCC2)CCCC1. The number of carbonyl (C=O) groups is 1. The molecule has 0 aliphatic heterocycles. The minimum atomic E-state index is -0.269. The monoisotopic (exact) mass is 378 g/mol. The Kier molecular flexibility index (Phi) is 5.44. The lowest BCUT2D eigenvalue weighted by Gasteiger charge is -2.28. The number of hydrogen-bond acceptors (Lipinski definition) is 3. The van der Waals surface area contributed by atoms with E-state index in [0.29, 0.717) is 12.1 Å². The number of imidazole rings is 1. The summed E-state index contributed by atoms with van der Waals surface area (Å²) in [6.07, 6.45) is 8.53. The van der Waals surface area contributed by atoms with E-state index in [1.807, 2.05) is 16.7 Å². The Bertz CT molecular complexity index is 845. The maximum atomic E-state index is 12.7. The Morgan fingerprint density at radius 2 is 1.92 bits per heavy atom. The normalized spacial score (nSPS) is 19.6. The maximum absolute atomic E-state index is 12.7. The Labute approximate surface area is 158 Å². The molecule has 0 bridgehead atoms. The van der Waals surface area contributed by atoms with Crippen molar-refractivity contribution in [1.82, 2.24) is 14.9 Å². The molecule has 26 heavy (non-hydrogen) atoms. The summed E-state index contributed by atoms with van der Waals surface area (Å²) in [6.45, 7) is 0.468. The van der Waals surface area contributed by atoms with Gasteiger partial charge in [0.2, 0.25) is 0 Å². The third-order valence-corrected chi connectivity index (χ3v) is 6.00. The van der Waals surface area contributed by atoms with Crippen LogP contribution in [0.25, 0.3) is 11.0 Å². The Hall–Kier alpha value is -1.79. The molecule has 2 saturated carbocycles. The van der Waals surface area contributed by atoms with E-state index in [-0.39, 0.29) is 35.6 Å². The van der Waals surface area contributed by atoms with Crippen molar-refractivity contribution < 1.29 is 4.79 Å². The lowest BCUT2D eigenvalue weighted by molar-refractivity contribution is 0.0903. The number of H-pyrrole nitrogens is 1. The molecule has 0 spiro atoms. The van der Waals surface area contributed by atoms with Crippen LogP contribution in [0.2, 0.25) is 0 Å². The number of fused-ring (bicyclic) bond motifs is 1. The zero-order valence-electron chi connectivity index (χ0n) is 14.9. The molecule has 1 amide bonds. The topological polar surface area (TPSA) is 92.9 Å². The quantitative estimate of drug-likeness (QED) is 0.763. The van der Waals surface area contributed by atoms with Crippen LogP contribution >= 0.6 is 12.4 Å². The summed E-state index contributed by atoms with van der Waals surface area (Å²) >= 11 is 0. The smallest absolute Gasteiger partial charge is 0.326 e. The number of hydrogen-bond donors (Lipinski definition) is 3. The number of benzene rings is 1. The fraction of sp³-hybridized carbons (Fsp3) is 0.579. The second-order valence-corrected chi connectivity index (χ2v) is 7.62. The van der Waals surface area contributed by atoms with Crippen molar-refractivity contribution in [2.24, 2.45) is 5.73 Å². The second kappa shape index (κ2) is 7.45. The standard InChI is InChI=1S/C19H26N4O2.ClH/c20-12-19(9-3-4-10-19)22-17(24)13-7-8-16-15(11-13)21-18(25)23(16)14-5-1-2-6-14;/h7-8,11,14H,1-6,9-10,12,20H2,(H,21,25)(H,22,24);1H. The summed E-state index contributed by atoms with van der Waals surface area (Å²) in [5.41, 5.74) is 7.77. The van der Waals surface area contributed by atoms with E-state index >= 15 is 0 Å². The van der Waals surface area contributed by atoms with Crippen molar-refractivity contribution >= 4 is 29.3 Å². The number of aromatic nitrogens is 2. The maximum Gasteiger partial charge on any atom is 0.326 e. The van der Waals surface area contributed by atoms with Gasteiger partial charge in [-0.2, -0.15) is 0 Å². The van der Waals surface area contributed by atoms with E-state index in [2.05, 4.69) is 10.3 Å². The van der Waals surface area contributed by atoms with Crippen LogP contribution in [-0.4, -0.2) is 27.5 Å². The molecule has 2 aliphatic carbocycles. The van der Waals surface area contributed by atoms with Gasteiger partial charge in [0.25, 0.3) is 5.91 Å². The fourth-order valence-corrected chi connectivity index (χ4v) is 4.54. The molecule has 4 N–H and O–H groups in total. The average molecular weight is 379 g/mol. The fourth-order valence-electron chi connectivity index (χ4n) is 4.54. The van der Waals surface area contributed by atoms with Crippen LogP contribution in [0.3, 0.4) is 0 Å². The second-order valence-electron chi connectivity index (χ2n) is 7.62. The van der Waals surface area contributed by atoms with Gasteiger partial charge in [-0.3, -0.25) is 9.36 Å². The zero-order valence-corrected chi connectivity index (χ0v) is 15.7. The van der Waals surface area contributed by atoms with E-state index in [1.54, 1.807) is 6.07 Å². The van der Waals surface area contributed by atoms with E-state index in [1.165, 1.54) is 12.8 Å². The highest BCUT2D eigenvalue weighted by molar-refractivity contribution is 5.97. The molecule has 0 saturated heterocycles. The minimum absolute atomic E-state index is 0. The Morgan fingerprint density at radius 3 is 2.58 bits per heavy atom. The first-order valence-electron chi connectivity index (χ1n) is 9.39. The summed E-state index contributed by atoms with van der Waals surface area (Å²) in [7, 11) is 0. The van der Waals surface area contributed by atoms with E-state index in [4.69, 9.17) is 5.73 Å². The number of aromatic amines is 1. The lowest BCUT2D eigenvalue weighted by Crippen LogP contribution is -2.51. The van der Waals surface area contributed by atoms with Gasteiger partial charge in [0, 0.05) is 18.2 Å². The van der Waals surface area contributed by atoms with Gasteiger partial charge in [-0.25, -0.2) is 4.79 Å². The number of rotatable bonds is 4. The summed E-state index contributed by atoms with van der Waals surface area (Å²) in [6, 6.07) is 5.77. The molecule has 2 fully saturated rings. The Balaban J connectivity index is 0.00000196. The van der Waals surface area contributed by atoms with E-state index in [0.717, 1.165) is 49.6 Å². The van der Waals surface area contributed by atoms with Gasteiger partial charge in [-0.05, 0) is 43.9 Å². The highest BCUT2D eigenvalue weighted by Gasteiger charge is 2.34. The first-order valence-corrected chi connectivity index (χ1v) is 9.39. The summed E-state index contributed by atoms with van der Waals surface area (Å²) in [5, 5.41) is 3.14.